The van der Waals surface area contributed by atoms with E-state index in [1.54, 1.807) is 16.8 Å². The average molecular weight is 466 g/mol. The van der Waals surface area contributed by atoms with Crippen molar-refractivity contribution in [2.75, 3.05) is 0 Å². The number of hydrogen-bond acceptors (Lipinski definition) is 3. The molecule has 0 radical (unpaired) electrons. The number of nitrogens with one attached hydrogen (secondary N) is 1. The van der Waals surface area contributed by atoms with Crippen molar-refractivity contribution in [3.63, 3.8) is 0 Å². The highest BCUT2D eigenvalue weighted by molar-refractivity contribution is 7.89. The lowest BCUT2D eigenvalue weighted by Crippen LogP contribution is -2.33. The largest absolute Gasteiger partial charge is 0.241 e. The van der Waals surface area contributed by atoms with Crippen molar-refractivity contribution in [1.82, 2.24) is 14.5 Å². The van der Waals surface area contributed by atoms with Gasteiger partial charge in [0.05, 0.1) is 22.3 Å². The van der Waals surface area contributed by atoms with Crippen LogP contribution in [0.5, 0.6) is 0 Å². The zero-order chi connectivity index (χ0) is 23.8. The van der Waals surface area contributed by atoms with Gasteiger partial charge in [0.15, 0.2) is 0 Å². The molecular weight excluding hydrogens is 437 g/mol. The van der Waals surface area contributed by atoms with E-state index in [1.165, 1.54) is 12.1 Å². The normalized spacial score (nSPS) is 12.9. The highest BCUT2D eigenvalue weighted by Crippen LogP contribution is 2.25. The van der Waals surface area contributed by atoms with Gasteiger partial charge in [-0.05, 0) is 87.6 Å². The molecule has 0 aliphatic heterocycles. The predicted octanol–water partition coefficient (Wildman–Crippen LogP) is 5.39. The third-order valence-corrected chi connectivity index (χ3v) is 7.75. The smallest absolute Gasteiger partial charge is 0.233 e. The Bertz CT molecular complexity index is 1390. The first kappa shape index (κ1) is 23.1. The van der Waals surface area contributed by atoms with Crippen molar-refractivity contribution in [2.24, 2.45) is 0 Å². The van der Waals surface area contributed by atoms with Gasteiger partial charge in [0.1, 0.15) is 5.82 Å². The van der Waals surface area contributed by atoms with Gasteiger partial charge in [-0.2, -0.15) is 5.10 Å². The summed E-state index contributed by atoms with van der Waals surface area (Å²) in [5.41, 5.74) is 5.36. The fraction of sp³-hybridized carbons (Fsp3) is 0.269. The number of halogens is 1. The van der Waals surface area contributed by atoms with E-state index in [1.807, 2.05) is 64.2 Å². The molecule has 1 atom stereocenters. The Labute approximate surface area is 194 Å². The van der Waals surface area contributed by atoms with Crippen molar-refractivity contribution in [3.8, 4) is 5.69 Å². The van der Waals surface area contributed by atoms with Crippen LogP contribution in [0.15, 0.2) is 65.7 Å². The van der Waals surface area contributed by atoms with E-state index in [9.17, 15) is 12.8 Å². The first-order valence-electron chi connectivity index (χ1n) is 11.0. The predicted molar refractivity (Wildman–Crippen MR) is 130 cm³/mol. The molecule has 0 amide bonds. The second kappa shape index (κ2) is 9.08. The number of nitrogens with zero attached hydrogens (tertiary/aromatic N) is 2. The molecule has 0 aliphatic carbocycles. The second-order valence-corrected chi connectivity index (χ2v) is 10.3. The Kier molecular flexibility index (Phi) is 6.36. The van der Waals surface area contributed by atoms with E-state index >= 15 is 0 Å². The van der Waals surface area contributed by atoms with Gasteiger partial charge in [0, 0.05) is 11.4 Å². The van der Waals surface area contributed by atoms with Crippen LogP contribution in [0.1, 0.15) is 35.6 Å². The topological polar surface area (TPSA) is 64.0 Å². The molecule has 0 bridgehead atoms. The van der Waals surface area contributed by atoms with Crippen LogP contribution in [0.2, 0.25) is 0 Å². The number of fused-ring (bicyclic) bond motifs is 1. The van der Waals surface area contributed by atoms with Crippen LogP contribution in [0, 0.1) is 26.6 Å². The summed E-state index contributed by atoms with van der Waals surface area (Å²) in [5, 5.41) is 5.49. The molecule has 0 spiro atoms. The Hall–Kier alpha value is -3.03. The lowest BCUT2D eigenvalue weighted by atomic mass is 10.0. The zero-order valence-electron chi connectivity index (χ0n) is 19.3. The number of aryl methyl sites for hydroxylation is 4. The zero-order valence-corrected chi connectivity index (χ0v) is 20.1. The van der Waals surface area contributed by atoms with Crippen molar-refractivity contribution >= 4 is 20.9 Å². The Balaban J connectivity index is 1.51. The maximum Gasteiger partial charge on any atom is 0.241 e. The molecule has 5 nitrogen and oxygen atoms in total. The minimum atomic E-state index is -3.62. The van der Waals surface area contributed by atoms with Gasteiger partial charge in [0.2, 0.25) is 10.0 Å². The van der Waals surface area contributed by atoms with E-state index < -0.39 is 10.0 Å². The number of benzene rings is 3. The summed E-state index contributed by atoms with van der Waals surface area (Å²) in [6.07, 6.45) is 3.15. The minimum absolute atomic E-state index is 0.238. The van der Waals surface area contributed by atoms with E-state index in [2.05, 4.69) is 9.82 Å². The highest BCUT2D eigenvalue weighted by Gasteiger charge is 2.22. The summed E-state index contributed by atoms with van der Waals surface area (Å²) < 4.78 is 44.0. The molecule has 3 aromatic carbocycles. The maximum atomic E-state index is 13.3. The fourth-order valence-electron chi connectivity index (χ4n) is 4.46. The van der Waals surface area contributed by atoms with E-state index in [0.717, 1.165) is 38.8 Å². The molecule has 172 valence electrons. The molecule has 7 heteroatoms. The van der Waals surface area contributed by atoms with Gasteiger partial charge >= 0.3 is 0 Å². The van der Waals surface area contributed by atoms with Crippen LogP contribution in [-0.2, 0) is 16.4 Å². The summed E-state index contributed by atoms with van der Waals surface area (Å²) in [6, 6.07) is 15.7. The van der Waals surface area contributed by atoms with Gasteiger partial charge in [-0.25, -0.2) is 22.2 Å². The molecule has 0 saturated carbocycles. The highest BCUT2D eigenvalue weighted by atomic mass is 32.2. The quantitative estimate of drug-likeness (QED) is 0.398. The van der Waals surface area contributed by atoms with Crippen LogP contribution in [0.4, 0.5) is 4.39 Å². The van der Waals surface area contributed by atoms with Crippen LogP contribution < -0.4 is 4.72 Å². The third kappa shape index (κ3) is 4.84. The van der Waals surface area contributed by atoms with Gasteiger partial charge in [-0.15, -0.1) is 0 Å². The molecule has 0 fully saturated rings. The van der Waals surface area contributed by atoms with E-state index in [4.69, 9.17) is 0 Å². The summed E-state index contributed by atoms with van der Waals surface area (Å²) in [5.74, 6) is -0.289. The average Bonchev–Trinajstić information content (AvgIpc) is 3.16. The Morgan fingerprint density at radius 2 is 1.70 bits per heavy atom. The van der Waals surface area contributed by atoms with Crippen molar-refractivity contribution in [3.05, 3.63) is 88.9 Å². The van der Waals surface area contributed by atoms with Crippen molar-refractivity contribution in [1.29, 1.82) is 0 Å². The molecule has 4 aromatic rings. The SMILES string of the molecule is Cc1cc(C)c(S(=O)(=O)N[C@@H](C)CCc2cccc3c2cnn3-c2ccc(F)cc2)c(C)c1. The molecule has 0 unspecified atom stereocenters. The molecule has 1 aromatic heterocycles. The summed E-state index contributed by atoms with van der Waals surface area (Å²) in [4.78, 5) is 0.364. The van der Waals surface area contributed by atoms with Gasteiger partial charge < -0.3 is 0 Å². The molecular formula is C26H28FN3O2S. The van der Waals surface area contributed by atoms with Gasteiger partial charge in [0.25, 0.3) is 0 Å². The lowest BCUT2D eigenvalue weighted by molar-refractivity contribution is 0.546. The van der Waals surface area contributed by atoms with Gasteiger partial charge in [-0.3, -0.25) is 0 Å². The van der Waals surface area contributed by atoms with Crippen LogP contribution >= 0.6 is 0 Å². The van der Waals surface area contributed by atoms with E-state index in [-0.39, 0.29) is 11.9 Å². The summed E-state index contributed by atoms with van der Waals surface area (Å²) >= 11 is 0. The third-order valence-electron chi connectivity index (χ3n) is 5.85. The maximum absolute atomic E-state index is 13.3. The van der Waals surface area contributed by atoms with Crippen molar-refractivity contribution in [2.45, 2.75) is 51.5 Å². The first-order chi connectivity index (χ1) is 15.7. The molecule has 33 heavy (non-hydrogen) atoms. The molecule has 0 saturated heterocycles. The van der Waals surface area contributed by atoms with Gasteiger partial charge in [-0.1, -0.05) is 29.8 Å². The molecule has 0 aliphatic rings. The Morgan fingerprint density at radius 3 is 2.36 bits per heavy atom. The molecule has 1 heterocycles. The standard InChI is InChI=1S/C26H28FN3O2S/c1-17-14-18(2)26(19(3)15-17)33(31,32)29-20(4)8-9-21-6-5-7-25-24(21)16-28-30(25)23-12-10-22(27)11-13-23/h5-7,10-16,20,29H,8-9H2,1-4H3/t20-/m0/s1. The van der Waals surface area contributed by atoms with Crippen LogP contribution in [0.25, 0.3) is 16.6 Å². The van der Waals surface area contributed by atoms with Crippen LogP contribution in [0.3, 0.4) is 0 Å². The number of hydrogen-bond donors (Lipinski definition) is 1. The van der Waals surface area contributed by atoms with Crippen molar-refractivity contribution < 1.29 is 12.8 Å². The van der Waals surface area contributed by atoms with Crippen LogP contribution in [-0.4, -0.2) is 24.2 Å². The Morgan fingerprint density at radius 1 is 1.03 bits per heavy atom. The summed E-state index contributed by atoms with van der Waals surface area (Å²) in [6.45, 7) is 7.52. The monoisotopic (exact) mass is 465 g/mol. The fourth-order valence-corrected chi connectivity index (χ4v) is 6.19. The minimum Gasteiger partial charge on any atom is -0.233 e. The molecule has 4 rings (SSSR count). The number of aromatic nitrogens is 2. The lowest BCUT2D eigenvalue weighted by Gasteiger charge is -2.17. The number of rotatable bonds is 7. The first-order valence-corrected chi connectivity index (χ1v) is 12.5. The molecule has 1 N–H and O–H groups in total. The number of sulfonamides is 1. The van der Waals surface area contributed by atoms with E-state index in [0.29, 0.717) is 17.7 Å². The summed E-state index contributed by atoms with van der Waals surface area (Å²) in [7, 11) is -3.62. The second-order valence-electron chi connectivity index (χ2n) is 8.67.